The van der Waals surface area contributed by atoms with Gasteiger partial charge in [0.05, 0.1) is 10.6 Å². The van der Waals surface area contributed by atoms with Gasteiger partial charge in [-0.15, -0.1) is 11.8 Å². The molecule has 8 heteroatoms. The zero-order chi connectivity index (χ0) is 17.1. The van der Waals surface area contributed by atoms with Crippen LogP contribution in [-0.2, 0) is 4.79 Å². The first kappa shape index (κ1) is 17.3. The van der Waals surface area contributed by atoms with Crippen molar-refractivity contribution in [3.8, 4) is 0 Å². The minimum absolute atomic E-state index is 0.234. The summed E-state index contributed by atoms with van der Waals surface area (Å²) in [5.41, 5.74) is 1.35. The summed E-state index contributed by atoms with van der Waals surface area (Å²) in [4.78, 5) is 10.6. The maximum absolute atomic E-state index is 13.5. The highest BCUT2D eigenvalue weighted by Crippen LogP contribution is 2.30. The highest BCUT2D eigenvalue weighted by atomic mass is 32.2. The fraction of sp³-hybridized carbons (Fsp3) is 0.133. The number of thioether (sulfide) groups is 1. The van der Waals surface area contributed by atoms with E-state index in [4.69, 9.17) is 0 Å². The molecule has 0 aliphatic rings. The molecule has 2 aromatic rings. The molecule has 0 heterocycles. The number of halogens is 5. The van der Waals surface area contributed by atoms with E-state index in [1.54, 1.807) is 31.2 Å². The second kappa shape index (κ2) is 6.99. The molecule has 2 rings (SSSR count). The number of anilines is 1. The van der Waals surface area contributed by atoms with Gasteiger partial charge >= 0.3 is 0 Å². The molecule has 0 atom stereocenters. The lowest BCUT2D eigenvalue weighted by molar-refractivity contribution is -0.113. The van der Waals surface area contributed by atoms with Crippen molar-refractivity contribution >= 4 is 23.4 Å². The van der Waals surface area contributed by atoms with E-state index in [0.29, 0.717) is 5.69 Å². The van der Waals surface area contributed by atoms with E-state index >= 15 is 0 Å². The van der Waals surface area contributed by atoms with Gasteiger partial charge in [0.25, 0.3) is 0 Å². The van der Waals surface area contributed by atoms with Crippen molar-refractivity contribution < 1.29 is 26.7 Å². The molecule has 0 unspecified atom stereocenters. The van der Waals surface area contributed by atoms with Gasteiger partial charge in [-0.05, 0) is 24.6 Å². The third kappa shape index (κ3) is 3.82. The van der Waals surface area contributed by atoms with Crippen LogP contribution in [-0.4, -0.2) is 11.7 Å². The lowest BCUT2D eigenvalue weighted by Gasteiger charge is -2.08. The van der Waals surface area contributed by atoms with E-state index in [-0.39, 0.29) is 11.8 Å². The van der Waals surface area contributed by atoms with Crippen LogP contribution in [0.4, 0.5) is 27.6 Å². The Labute approximate surface area is 132 Å². The van der Waals surface area contributed by atoms with Gasteiger partial charge in [-0.25, -0.2) is 22.0 Å². The standard InChI is InChI=1S/C15H10F5NOS/c1-7-3-2-4-8(5-7)21-9(22)6-23-15-13(19)11(17)10(16)12(18)14(15)20/h2-5H,6H2,1H3,(H,21,22). The van der Waals surface area contributed by atoms with Crippen LogP contribution >= 0.6 is 11.8 Å². The fourth-order valence-electron chi connectivity index (χ4n) is 1.77. The highest BCUT2D eigenvalue weighted by molar-refractivity contribution is 8.00. The van der Waals surface area contributed by atoms with Gasteiger partial charge in [0.15, 0.2) is 23.3 Å². The van der Waals surface area contributed by atoms with Crippen LogP contribution in [0.5, 0.6) is 0 Å². The molecule has 1 N–H and O–H groups in total. The summed E-state index contributed by atoms with van der Waals surface area (Å²) in [5.74, 6) is -11.3. The highest BCUT2D eigenvalue weighted by Gasteiger charge is 2.26. The van der Waals surface area contributed by atoms with Crippen molar-refractivity contribution in [3.63, 3.8) is 0 Å². The number of hydrogen-bond donors (Lipinski definition) is 1. The molecule has 0 radical (unpaired) electrons. The lowest BCUT2D eigenvalue weighted by atomic mass is 10.2. The minimum Gasteiger partial charge on any atom is -0.325 e. The van der Waals surface area contributed by atoms with Gasteiger partial charge in [0.2, 0.25) is 11.7 Å². The summed E-state index contributed by atoms with van der Waals surface area (Å²) in [6.45, 7) is 1.80. The molecule has 0 spiro atoms. The van der Waals surface area contributed by atoms with Crippen molar-refractivity contribution in [1.29, 1.82) is 0 Å². The van der Waals surface area contributed by atoms with Crippen LogP contribution in [0.2, 0.25) is 0 Å². The van der Waals surface area contributed by atoms with Gasteiger partial charge in [-0.2, -0.15) is 0 Å². The van der Waals surface area contributed by atoms with E-state index in [1.165, 1.54) is 0 Å². The second-order valence-corrected chi connectivity index (χ2v) is 5.59. The molecular formula is C15H10F5NOS. The number of aryl methyl sites for hydroxylation is 1. The van der Waals surface area contributed by atoms with Gasteiger partial charge in [-0.3, -0.25) is 4.79 Å². The summed E-state index contributed by atoms with van der Waals surface area (Å²) in [7, 11) is 0. The van der Waals surface area contributed by atoms with Gasteiger partial charge in [0, 0.05) is 5.69 Å². The topological polar surface area (TPSA) is 29.1 Å². The molecule has 0 aliphatic carbocycles. The third-order valence-corrected chi connectivity index (χ3v) is 3.87. The third-order valence-electron chi connectivity index (χ3n) is 2.82. The molecule has 0 saturated heterocycles. The van der Waals surface area contributed by atoms with Crippen LogP contribution in [0.3, 0.4) is 0 Å². The Morgan fingerprint density at radius 1 is 1.00 bits per heavy atom. The SMILES string of the molecule is Cc1cccc(NC(=O)CSc2c(F)c(F)c(F)c(F)c2F)c1. The minimum atomic E-state index is -2.23. The van der Waals surface area contributed by atoms with E-state index < -0.39 is 45.6 Å². The van der Waals surface area contributed by atoms with Crippen molar-refractivity contribution in [2.75, 3.05) is 11.1 Å². The Morgan fingerprint density at radius 2 is 1.57 bits per heavy atom. The second-order valence-electron chi connectivity index (χ2n) is 4.61. The zero-order valence-electron chi connectivity index (χ0n) is 11.7. The van der Waals surface area contributed by atoms with E-state index in [0.717, 1.165) is 5.56 Å². The maximum Gasteiger partial charge on any atom is 0.234 e. The molecule has 1 amide bonds. The Hall–Kier alpha value is -2.09. The van der Waals surface area contributed by atoms with Crippen LogP contribution in [0.25, 0.3) is 0 Å². The van der Waals surface area contributed by atoms with Crippen LogP contribution in [0, 0.1) is 36.0 Å². The molecule has 0 bridgehead atoms. The summed E-state index contributed by atoms with van der Waals surface area (Å²) < 4.78 is 65.9. The van der Waals surface area contributed by atoms with E-state index in [2.05, 4.69) is 5.32 Å². The monoisotopic (exact) mass is 347 g/mol. The molecule has 0 saturated carbocycles. The number of benzene rings is 2. The smallest absolute Gasteiger partial charge is 0.234 e. The number of carbonyl (C=O) groups is 1. The number of nitrogens with one attached hydrogen (secondary N) is 1. The van der Waals surface area contributed by atoms with Gasteiger partial charge in [-0.1, -0.05) is 12.1 Å². The molecule has 0 fully saturated rings. The maximum atomic E-state index is 13.5. The summed E-state index contributed by atoms with van der Waals surface area (Å²) in [6.07, 6.45) is 0. The Morgan fingerprint density at radius 3 is 2.13 bits per heavy atom. The van der Waals surface area contributed by atoms with Crippen molar-refractivity contribution in [2.24, 2.45) is 0 Å². The average molecular weight is 347 g/mol. The largest absolute Gasteiger partial charge is 0.325 e. The molecule has 0 aromatic heterocycles. The Bertz CT molecular complexity index is 737. The zero-order valence-corrected chi connectivity index (χ0v) is 12.5. The normalized spacial score (nSPS) is 10.7. The van der Waals surface area contributed by atoms with Crippen LogP contribution in [0.1, 0.15) is 5.56 Å². The molecular weight excluding hydrogens is 337 g/mol. The number of carbonyl (C=O) groups excluding carboxylic acids is 1. The average Bonchev–Trinajstić information content (AvgIpc) is 2.51. The van der Waals surface area contributed by atoms with Crippen LogP contribution < -0.4 is 5.32 Å². The Balaban J connectivity index is 2.11. The molecule has 2 nitrogen and oxygen atoms in total. The van der Waals surface area contributed by atoms with E-state index in [9.17, 15) is 26.7 Å². The first-order chi connectivity index (χ1) is 10.8. The predicted molar refractivity (Wildman–Crippen MR) is 76.8 cm³/mol. The predicted octanol–water partition coefficient (Wildman–Crippen LogP) is 4.42. The fourth-order valence-corrected chi connectivity index (χ4v) is 2.55. The molecule has 23 heavy (non-hydrogen) atoms. The lowest BCUT2D eigenvalue weighted by Crippen LogP contribution is -2.15. The summed E-state index contributed by atoms with van der Waals surface area (Å²) in [6, 6.07) is 6.77. The Kier molecular flexibility index (Phi) is 5.25. The number of amides is 1. The van der Waals surface area contributed by atoms with Gasteiger partial charge < -0.3 is 5.32 Å². The van der Waals surface area contributed by atoms with Crippen molar-refractivity contribution in [3.05, 3.63) is 58.9 Å². The molecule has 122 valence electrons. The quantitative estimate of drug-likeness (QED) is 0.384. The van der Waals surface area contributed by atoms with E-state index in [1.807, 2.05) is 0 Å². The first-order valence-electron chi connectivity index (χ1n) is 6.32. The summed E-state index contributed by atoms with van der Waals surface area (Å²) in [5, 5.41) is 2.47. The van der Waals surface area contributed by atoms with Crippen LogP contribution in [0.15, 0.2) is 29.2 Å². The molecule has 2 aromatic carbocycles. The van der Waals surface area contributed by atoms with Crippen molar-refractivity contribution in [2.45, 2.75) is 11.8 Å². The first-order valence-corrected chi connectivity index (χ1v) is 7.30. The molecule has 0 aliphatic heterocycles. The van der Waals surface area contributed by atoms with Crippen molar-refractivity contribution in [1.82, 2.24) is 0 Å². The summed E-state index contributed by atoms with van der Waals surface area (Å²) >= 11 is 0.234. The number of rotatable bonds is 4. The number of hydrogen-bond acceptors (Lipinski definition) is 2. The van der Waals surface area contributed by atoms with Gasteiger partial charge in [0.1, 0.15) is 0 Å².